The molecule has 0 saturated heterocycles. The number of nitrogens with one attached hydrogen (secondary N) is 2. The van der Waals surface area contributed by atoms with E-state index in [1.54, 1.807) is 0 Å². The molecule has 5 heteroatoms. The molecular formula is C17H26IN3O. The number of benzene rings is 1. The Labute approximate surface area is 150 Å². The summed E-state index contributed by atoms with van der Waals surface area (Å²) in [6, 6.07) is 9.06. The Morgan fingerprint density at radius 3 is 2.59 bits per heavy atom. The Kier molecular flexibility index (Phi) is 5.25. The minimum Gasteiger partial charge on any atom is -0.487 e. The van der Waals surface area contributed by atoms with Crippen LogP contribution in [0.25, 0.3) is 0 Å². The van der Waals surface area contributed by atoms with Crippen LogP contribution < -0.4 is 15.4 Å². The number of guanidine groups is 1. The number of fused-ring (bicyclic) bond motifs is 1. The van der Waals surface area contributed by atoms with E-state index in [1.807, 2.05) is 19.2 Å². The molecule has 1 aromatic rings. The fraction of sp³-hybridized carbons (Fsp3) is 0.588. The average Bonchev–Trinajstić information content (AvgIpc) is 3.12. The molecule has 2 N–H and O–H groups in total. The molecule has 1 saturated carbocycles. The first-order chi connectivity index (χ1) is 9.98. The van der Waals surface area contributed by atoms with Crippen molar-refractivity contribution in [2.75, 3.05) is 7.05 Å². The first kappa shape index (κ1) is 17.4. The van der Waals surface area contributed by atoms with Crippen LogP contribution in [0.5, 0.6) is 5.75 Å². The summed E-state index contributed by atoms with van der Waals surface area (Å²) in [4.78, 5) is 4.37. The number of nitrogens with zero attached hydrogens (tertiary/aromatic N) is 1. The zero-order valence-electron chi connectivity index (χ0n) is 13.7. The summed E-state index contributed by atoms with van der Waals surface area (Å²) in [6.45, 7) is 6.53. The van der Waals surface area contributed by atoms with Gasteiger partial charge in [-0.1, -0.05) is 25.1 Å². The van der Waals surface area contributed by atoms with Gasteiger partial charge in [0.25, 0.3) is 0 Å². The smallest absolute Gasteiger partial charge is 0.191 e. The summed E-state index contributed by atoms with van der Waals surface area (Å²) in [5, 5.41) is 7.06. The summed E-state index contributed by atoms with van der Waals surface area (Å²) in [5.41, 5.74) is 1.04. The van der Waals surface area contributed by atoms with Gasteiger partial charge < -0.3 is 15.4 Å². The molecule has 1 fully saturated rings. The SMILES string of the molecule is CN=C(NC1CC(C)(C)Oc2ccccc21)NC1CC1C.I. The fourth-order valence-electron chi connectivity index (χ4n) is 2.97. The van der Waals surface area contributed by atoms with Gasteiger partial charge in [-0.3, -0.25) is 4.99 Å². The summed E-state index contributed by atoms with van der Waals surface area (Å²) in [5.74, 6) is 2.62. The Bertz CT molecular complexity index is 559. The molecule has 0 bridgehead atoms. The van der Waals surface area contributed by atoms with E-state index in [4.69, 9.17) is 4.74 Å². The van der Waals surface area contributed by atoms with Crippen molar-refractivity contribution in [3.8, 4) is 5.75 Å². The quantitative estimate of drug-likeness (QED) is 0.442. The summed E-state index contributed by atoms with van der Waals surface area (Å²) < 4.78 is 6.07. The highest BCUT2D eigenvalue weighted by Crippen LogP contribution is 2.39. The third kappa shape index (κ3) is 3.86. The molecule has 3 atom stereocenters. The van der Waals surface area contributed by atoms with E-state index in [0.717, 1.165) is 24.0 Å². The predicted octanol–water partition coefficient (Wildman–Crippen LogP) is 3.48. The largest absolute Gasteiger partial charge is 0.487 e. The topological polar surface area (TPSA) is 45.7 Å². The first-order valence-corrected chi connectivity index (χ1v) is 7.76. The molecule has 3 unspecified atom stereocenters. The second-order valence-corrected chi connectivity index (χ2v) is 6.84. The van der Waals surface area contributed by atoms with E-state index >= 15 is 0 Å². The minimum absolute atomic E-state index is 0. The third-order valence-electron chi connectivity index (χ3n) is 4.34. The molecule has 0 amide bonds. The van der Waals surface area contributed by atoms with Gasteiger partial charge in [0.05, 0.1) is 6.04 Å². The average molecular weight is 415 g/mol. The number of ether oxygens (including phenoxy) is 1. The molecule has 1 heterocycles. The molecule has 3 rings (SSSR count). The predicted molar refractivity (Wildman–Crippen MR) is 101 cm³/mol. The molecular weight excluding hydrogens is 389 g/mol. The Morgan fingerprint density at radius 2 is 1.95 bits per heavy atom. The standard InChI is InChI=1S/C17H25N3O.HI/c1-11-9-13(11)19-16(18-4)20-14-10-17(2,3)21-15-8-6-5-7-12(14)15;/h5-8,11,13-14H,9-10H2,1-4H3,(H2,18,19,20);1H. The van der Waals surface area contributed by atoms with Gasteiger partial charge in [0.2, 0.25) is 0 Å². The minimum atomic E-state index is -0.169. The van der Waals surface area contributed by atoms with Gasteiger partial charge in [-0.05, 0) is 32.3 Å². The zero-order chi connectivity index (χ0) is 15.0. The van der Waals surface area contributed by atoms with Gasteiger partial charge in [0.1, 0.15) is 11.4 Å². The van der Waals surface area contributed by atoms with Gasteiger partial charge in [-0.2, -0.15) is 0 Å². The molecule has 122 valence electrons. The highest BCUT2D eigenvalue weighted by Gasteiger charge is 2.36. The van der Waals surface area contributed by atoms with E-state index in [1.165, 1.54) is 12.0 Å². The number of para-hydroxylation sites is 1. The van der Waals surface area contributed by atoms with Crippen molar-refractivity contribution in [2.45, 2.75) is 51.3 Å². The van der Waals surface area contributed by atoms with Crippen molar-refractivity contribution in [3.05, 3.63) is 29.8 Å². The lowest BCUT2D eigenvalue weighted by atomic mass is 9.90. The summed E-state index contributed by atoms with van der Waals surface area (Å²) in [7, 11) is 1.83. The highest BCUT2D eigenvalue weighted by molar-refractivity contribution is 14.0. The third-order valence-corrected chi connectivity index (χ3v) is 4.34. The van der Waals surface area contributed by atoms with Crippen LogP contribution in [0.3, 0.4) is 0 Å². The van der Waals surface area contributed by atoms with E-state index < -0.39 is 0 Å². The lowest BCUT2D eigenvalue weighted by Crippen LogP contribution is -2.46. The molecule has 2 aliphatic rings. The summed E-state index contributed by atoms with van der Waals surface area (Å²) in [6.07, 6.45) is 2.15. The number of aliphatic imine (C=N–C) groups is 1. The lowest BCUT2D eigenvalue weighted by molar-refractivity contribution is 0.0694. The van der Waals surface area contributed by atoms with E-state index in [0.29, 0.717) is 6.04 Å². The molecule has 1 aromatic carbocycles. The maximum Gasteiger partial charge on any atom is 0.191 e. The molecule has 4 nitrogen and oxygen atoms in total. The van der Waals surface area contributed by atoms with Crippen molar-refractivity contribution in [1.82, 2.24) is 10.6 Å². The van der Waals surface area contributed by atoms with Crippen molar-refractivity contribution in [1.29, 1.82) is 0 Å². The normalized spacial score (nSPS) is 28.7. The lowest BCUT2D eigenvalue weighted by Gasteiger charge is -2.38. The van der Waals surface area contributed by atoms with Crippen LogP contribution in [0, 0.1) is 5.92 Å². The fourth-order valence-corrected chi connectivity index (χ4v) is 2.97. The van der Waals surface area contributed by atoms with Gasteiger partial charge >= 0.3 is 0 Å². The van der Waals surface area contributed by atoms with Crippen LogP contribution in [0.15, 0.2) is 29.3 Å². The van der Waals surface area contributed by atoms with E-state index in [-0.39, 0.29) is 35.6 Å². The Hall–Kier alpha value is -0.980. The van der Waals surface area contributed by atoms with E-state index in [9.17, 15) is 0 Å². The van der Waals surface area contributed by atoms with Crippen LogP contribution in [-0.2, 0) is 0 Å². The monoisotopic (exact) mass is 415 g/mol. The molecule has 22 heavy (non-hydrogen) atoms. The van der Waals surface area contributed by atoms with Crippen LogP contribution in [-0.4, -0.2) is 24.7 Å². The Morgan fingerprint density at radius 1 is 1.27 bits per heavy atom. The summed E-state index contributed by atoms with van der Waals surface area (Å²) >= 11 is 0. The maximum absolute atomic E-state index is 6.07. The van der Waals surface area contributed by atoms with Crippen molar-refractivity contribution in [3.63, 3.8) is 0 Å². The van der Waals surface area contributed by atoms with Crippen molar-refractivity contribution in [2.24, 2.45) is 10.9 Å². The molecule has 0 aromatic heterocycles. The second kappa shape index (κ2) is 6.64. The van der Waals surface area contributed by atoms with Crippen LogP contribution in [0.2, 0.25) is 0 Å². The first-order valence-electron chi connectivity index (χ1n) is 7.76. The zero-order valence-corrected chi connectivity index (χ0v) is 16.0. The number of rotatable bonds is 2. The van der Waals surface area contributed by atoms with Gasteiger partial charge in [-0.15, -0.1) is 24.0 Å². The Balaban J connectivity index is 0.00000176. The molecule has 0 spiro atoms. The highest BCUT2D eigenvalue weighted by atomic mass is 127. The molecule has 1 aliphatic carbocycles. The number of halogens is 1. The van der Waals surface area contributed by atoms with E-state index in [2.05, 4.69) is 48.5 Å². The molecule has 0 radical (unpaired) electrons. The van der Waals surface area contributed by atoms with Gasteiger partial charge in [0, 0.05) is 25.1 Å². The molecule has 1 aliphatic heterocycles. The number of hydrogen-bond donors (Lipinski definition) is 2. The van der Waals surface area contributed by atoms with Crippen LogP contribution >= 0.6 is 24.0 Å². The number of hydrogen-bond acceptors (Lipinski definition) is 2. The van der Waals surface area contributed by atoms with Crippen molar-refractivity contribution >= 4 is 29.9 Å². The van der Waals surface area contributed by atoms with Crippen LogP contribution in [0.4, 0.5) is 0 Å². The van der Waals surface area contributed by atoms with Crippen molar-refractivity contribution < 1.29 is 4.74 Å². The second-order valence-electron chi connectivity index (χ2n) is 6.84. The maximum atomic E-state index is 6.07. The van der Waals surface area contributed by atoms with Crippen LogP contribution in [0.1, 0.15) is 45.2 Å². The van der Waals surface area contributed by atoms with Gasteiger partial charge in [-0.25, -0.2) is 0 Å². The van der Waals surface area contributed by atoms with Gasteiger partial charge in [0.15, 0.2) is 5.96 Å².